The van der Waals surface area contributed by atoms with E-state index in [0.717, 1.165) is 24.2 Å². The van der Waals surface area contributed by atoms with E-state index >= 15 is 0 Å². The van der Waals surface area contributed by atoms with Gasteiger partial charge in [-0.05, 0) is 50.8 Å². The van der Waals surface area contributed by atoms with Gasteiger partial charge in [-0.25, -0.2) is 4.79 Å². The summed E-state index contributed by atoms with van der Waals surface area (Å²) in [6.45, 7) is 6.12. The summed E-state index contributed by atoms with van der Waals surface area (Å²) in [6.07, 6.45) is 1.96. The van der Waals surface area contributed by atoms with Gasteiger partial charge in [0.25, 0.3) is 0 Å². The molecule has 1 aliphatic carbocycles. The molecule has 1 atom stereocenters. The highest BCUT2D eigenvalue weighted by Gasteiger charge is 2.29. The molecule has 0 bridgehead atoms. The van der Waals surface area contributed by atoms with Gasteiger partial charge in [0.15, 0.2) is 0 Å². The van der Waals surface area contributed by atoms with Gasteiger partial charge in [-0.1, -0.05) is 24.3 Å². The SMILES string of the molecule is CCOC(=O)c1cc(C)n(CC(=O)N(C)C2CCc3ccccc32)c1C. The van der Waals surface area contributed by atoms with E-state index in [1.807, 2.05) is 42.5 Å². The summed E-state index contributed by atoms with van der Waals surface area (Å²) < 4.78 is 7.00. The van der Waals surface area contributed by atoms with Crippen LogP contribution >= 0.6 is 0 Å². The Labute approximate surface area is 154 Å². The van der Waals surface area contributed by atoms with Crippen molar-refractivity contribution in [2.75, 3.05) is 13.7 Å². The molecule has 0 N–H and O–H groups in total. The van der Waals surface area contributed by atoms with E-state index in [9.17, 15) is 9.59 Å². The Bertz CT molecular complexity index is 838. The third-order valence-corrected chi connectivity index (χ3v) is 5.32. The van der Waals surface area contributed by atoms with Gasteiger partial charge in [0.2, 0.25) is 5.91 Å². The van der Waals surface area contributed by atoms with Crippen LogP contribution in [0.4, 0.5) is 0 Å². The number of fused-ring (bicyclic) bond motifs is 1. The van der Waals surface area contributed by atoms with Crippen LogP contribution in [0.15, 0.2) is 30.3 Å². The van der Waals surface area contributed by atoms with Gasteiger partial charge >= 0.3 is 5.97 Å². The molecule has 1 amide bonds. The Hall–Kier alpha value is -2.56. The summed E-state index contributed by atoms with van der Waals surface area (Å²) in [4.78, 5) is 26.8. The van der Waals surface area contributed by atoms with Crippen molar-refractivity contribution in [1.82, 2.24) is 9.47 Å². The molecular formula is C21H26N2O3. The number of carbonyl (C=O) groups excluding carboxylic acids is 2. The van der Waals surface area contributed by atoms with Gasteiger partial charge in [0.05, 0.1) is 18.2 Å². The lowest BCUT2D eigenvalue weighted by atomic mass is 10.1. The summed E-state index contributed by atoms with van der Waals surface area (Å²) in [6, 6.07) is 10.3. The number of likely N-dealkylation sites (N-methyl/N-ethyl adjacent to an activating group) is 1. The van der Waals surface area contributed by atoms with Crippen LogP contribution in [0, 0.1) is 13.8 Å². The maximum absolute atomic E-state index is 12.9. The molecule has 0 fully saturated rings. The minimum Gasteiger partial charge on any atom is -0.462 e. The van der Waals surface area contributed by atoms with Crippen molar-refractivity contribution in [2.45, 2.75) is 46.2 Å². The zero-order valence-corrected chi connectivity index (χ0v) is 15.9. The van der Waals surface area contributed by atoms with Crippen LogP contribution in [0.2, 0.25) is 0 Å². The van der Waals surface area contributed by atoms with Crippen molar-refractivity contribution < 1.29 is 14.3 Å². The van der Waals surface area contributed by atoms with E-state index in [2.05, 4.69) is 12.1 Å². The lowest BCUT2D eigenvalue weighted by Crippen LogP contribution is -2.33. The standard InChI is InChI=1S/C21H26N2O3/c1-5-26-21(25)18-12-14(2)23(15(18)3)13-20(24)22(4)19-11-10-16-8-6-7-9-17(16)19/h6-9,12,19H,5,10-11,13H2,1-4H3. The average molecular weight is 354 g/mol. The molecule has 1 aromatic carbocycles. The number of amides is 1. The fourth-order valence-electron chi connectivity index (χ4n) is 3.82. The van der Waals surface area contributed by atoms with Gasteiger partial charge in [0.1, 0.15) is 6.54 Å². The molecule has 0 radical (unpaired) electrons. The van der Waals surface area contributed by atoms with Crippen LogP contribution < -0.4 is 0 Å². The fraction of sp³-hybridized carbons (Fsp3) is 0.429. The largest absolute Gasteiger partial charge is 0.462 e. The van der Waals surface area contributed by atoms with Gasteiger partial charge in [-0.2, -0.15) is 0 Å². The molecule has 5 nitrogen and oxygen atoms in total. The lowest BCUT2D eigenvalue weighted by Gasteiger charge is -2.26. The van der Waals surface area contributed by atoms with Crippen molar-refractivity contribution in [3.63, 3.8) is 0 Å². The highest BCUT2D eigenvalue weighted by molar-refractivity contribution is 5.91. The molecule has 0 spiro atoms. The second-order valence-electron chi connectivity index (χ2n) is 6.85. The fourth-order valence-corrected chi connectivity index (χ4v) is 3.82. The molecule has 3 rings (SSSR count). The third-order valence-electron chi connectivity index (χ3n) is 5.32. The van der Waals surface area contributed by atoms with Crippen molar-refractivity contribution in [3.8, 4) is 0 Å². The Morgan fingerprint density at radius 1 is 1.27 bits per heavy atom. The number of benzene rings is 1. The summed E-state index contributed by atoms with van der Waals surface area (Å²) in [5.41, 5.74) is 4.77. The molecule has 2 aromatic rings. The predicted octanol–water partition coefficient (Wildman–Crippen LogP) is 3.43. The van der Waals surface area contributed by atoms with E-state index in [0.29, 0.717) is 12.2 Å². The first kappa shape index (κ1) is 18.2. The van der Waals surface area contributed by atoms with Crippen molar-refractivity contribution in [2.24, 2.45) is 0 Å². The summed E-state index contributed by atoms with van der Waals surface area (Å²) in [5, 5.41) is 0. The first-order chi connectivity index (χ1) is 12.4. The Morgan fingerprint density at radius 2 is 2.00 bits per heavy atom. The highest BCUT2D eigenvalue weighted by atomic mass is 16.5. The summed E-state index contributed by atoms with van der Waals surface area (Å²) in [5.74, 6) is -0.290. The number of esters is 1. The topological polar surface area (TPSA) is 51.5 Å². The van der Waals surface area contributed by atoms with Crippen LogP contribution in [0.5, 0.6) is 0 Å². The Balaban J connectivity index is 1.77. The number of aromatic nitrogens is 1. The van der Waals surface area contributed by atoms with E-state index in [1.54, 1.807) is 13.0 Å². The van der Waals surface area contributed by atoms with E-state index in [4.69, 9.17) is 4.74 Å². The molecular weight excluding hydrogens is 328 g/mol. The second-order valence-corrected chi connectivity index (χ2v) is 6.85. The first-order valence-electron chi connectivity index (χ1n) is 9.11. The molecule has 1 aliphatic rings. The number of hydrogen-bond acceptors (Lipinski definition) is 3. The summed E-state index contributed by atoms with van der Waals surface area (Å²) in [7, 11) is 1.87. The van der Waals surface area contributed by atoms with E-state index < -0.39 is 0 Å². The minimum atomic E-state index is -0.336. The smallest absolute Gasteiger partial charge is 0.339 e. The molecule has 0 saturated carbocycles. The summed E-state index contributed by atoms with van der Waals surface area (Å²) >= 11 is 0. The molecule has 138 valence electrons. The van der Waals surface area contributed by atoms with Gasteiger partial charge < -0.3 is 14.2 Å². The number of rotatable bonds is 5. The Morgan fingerprint density at radius 3 is 2.73 bits per heavy atom. The van der Waals surface area contributed by atoms with Crippen LogP contribution in [-0.2, 0) is 22.5 Å². The maximum Gasteiger partial charge on any atom is 0.339 e. The number of ether oxygens (including phenoxy) is 1. The lowest BCUT2D eigenvalue weighted by molar-refractivity contribution is -0.132. The quantitative estimate of drug-likeness (QED) is 0.773. The van der Waals surface area contributed by atoms with Gasteiger partial charge in [-0.15, -0.1) is 0 Å². The zero-order valence-electron chi connectivity index (χ0n) is 15.9. The van der Waals surface area contributed by atoms with E-state index in [1.165, 1.54) is 11.1 Å². The normalized spacial score (nSPS) is 15.6. The number of carbonyl (C=O) groups is 2. The van der Waals surface area contributed by atoms with Gasteiger partial charge in [-0.3, -0.25) is 4.79 Å². The number of nitrogens with zero attached hydrogens (tertiary/aromatic N) is 2. The third kappa shape index (κ3) is 3.26. The van der Waals surface area contributed by atoms with Crippen molar-refractivity contribution >= 4 is 11.9 Å². The van der Waals surface area contributed by atoms with Gasteiger partial charge in [0, 0.05) is 18.4 Å². The monoisotopic (exact) mass is 354 g/mol. The molecule has 0 aliphatic heterocycles. The maximum atomic E-state index is 12.9. The molecule has 1 aromatic heterocycles. The van der Waals surface area contributed by atoms with E-state index in [-0.39, 0.29) is 24.5 Å². The molecule has 5 heteroatoms. The zero-order chi connectivity index (χ0) is 18.8. The van der Waals surface area contributed by atoms with Crippen molar-refractivity contribution in [1.29, 1.82) is 0 Å². The molecule has 1 heterocycles. The van der Waals surface area contributed by atoms with Crippen molar-refractivity contribution in [3.05, 3.63) is 58.4 Å². The Kier molecular flexibility index (Phi) is 5.16. The second kappa shape index (κ2) is 7.36. The van der Waals surface area contributed by atoms with Crippen LogP contribution in [0.25, 0.3) is 0 Å². The molecule has 26 heavy (non-hydrogen) atoms. The van der Waals surface area contributed by atoms with Crippen LogP contribution in [0.1, 0.15) is 52.3 Å². The first-order valence-corrected chi connectivity index (χ1v) is 9.11. The number of aryl methyl sites for hydroxylation is 2. The number of hydrogen-bond donors (Lipinski definition) is 0. The highest BCUT2D eigenvalue weighted by Crippen LogP contribution is 2.35. The minimum absolute atomic E-state index is 0.0453. The molecule has 0 saturated heterocycles. The molecule has 1 unspecified atom stereocenters. The van der Waals surface area contributed by atoms with Crippen LogP contribution in [0.3, 0.4) is 0 Å². The predicted molar refractivity (Wildman–Crippen MR) is 100 cm³/mol. The van der Waals surface area contributed by atoms with Crippen LogP contribution in [-0.4, -0.2) is 35.0 Å². The average Bonchev–Trinajstić information content (AvgIpc) is 3.17.